The Bertz CT molecular complexity index is 380. The summed E-state index contributed by atoms with van der Waals surface area (Å²) in [7, 11) is 0. The van der Waals surface area contributed by atoms with Gasteiger partial charge in [-0.3, -0.25) is 0 Å². The lowest BCUT2D eigenvalue weighted by molar-refractivity contribution is 0.348. The summed E-state index contributed by atoms with van der Waals surface area (Å²) in [6.07, 6.45) is 8.19. The molecule has 0 spiro atoms. The van der Waals surface area contributed by atoms with E-state index in [4.69, 9.17) is 0 Å². The monoisotopic (exact) mass is 438 g/mol. The highest BCUT2D eigenvalue weighted by atomic mass is 79.9. The second kappa shape index (κ2) is 8.59. The molecule has 2 heterocycles. The largest absolute Gasteiger partial charge is 0.147 e. The molecule has 1 aromatic heterocycles. The molecule has 1 aliphatic rings. The van der Waals surface area contributed by atoms with E-state index < -0.39 is 0 Å². The summed E-state index contributed by atoms with van der Waals surface area (Å²) in [5.74, 6) is 3.13. The molecule has 0 bridgehead atoms. The lowest BCUT2D eigenvalue weighted by Crippen LogP contribution is -2.12. The Hall–Kier alpha value is 1.01. The predicted molar refractivity (Wildman–Crippen MR) is 102 cm³/mol. The molecule has 2 rings (SSSR count). The minimum absolute atomic E-state index is 0.208. The van der Waals surface area contributed by atoms with Crippen LogP contribution < -0.4 is 0 Å². The van der Waals surface area contributed by atoms with Crippen molar-refractivity contribution < 1.29 is 0 Å². The van der Waals surface area contributed by atoms with Crippen LogP contribution in [0.1, 0.15) is 50.3 Å². The molecule has 0 amide bonds. The van der Waals surface area contributed by atoms with Gasteiger partial charge in [-0.1, -0.05) is 64.1 Å². The SMILES string of the molecule is CCC(CCCCBr)CC1CSC(Br)(c2cccs2)C1. The number of alkyl halides is 2. The smallest absolute Gasteiger partial charge is 0.105 e. The number of hydrogen-bond acceptors (Lipinski definition) is 2. The van der Waals surface area contributed by atoms with Gasteiger partial charge in [-0.05, 0) is 48.3 Å². The van der Waals surface area contributed by atoms with Gasteiger partial charge in [-0.25, -0.2) is 0 Å². The fourth-order valence-electron chi connectivity index (χ4n) is 3.04. The fraction of sp³-hybridized carbons (Fsp3) is 0.750. The van der Waals surface area contributed by atoms with Gasteiger partial charge in [0, 0.05) is 10.2 Å². The van der Waals surface area contributed by atoms with E-state index in [9.17, 15) is 0 Å². The summed E-state index contributed by atoms with van der Waals surface area (Å²) in [4.78, 5) is 1.50. The van der Waals surface area contributed by atoms with E-state index in [2.05, 4.69) is 68.1 Å². The Morgan fingerprint density at radius 3 is 2.95 bits per heavy atom. The van der Waals surface area contributed by atoms with Crippen molar-refractivity contribution in [1.29, 1.82) is 0 Å². The first kappa shape index (κ1) is 17.4. The third kappa shape index (κ3) is 4.76. The number of thioether (sulfide) groups is 1. The minimum atomic E-state index is 0.208. The third-order valence-electron chi connectivity index (χ3n) is 4.23. The first-order valence-electron chi connectivity index (χ1n) is 7.60. The number of halogens is 2. The Kier molecular flexibility index (Phi) is 7.46. The topological polar surface area (TPSA) is 0 Å². The average molecular weight is 440 g/mol. The molecular weight excluding hydrogens is 416 g/mol. The maximum Gasteiger partial charge on any atom is 0.105 e. The summed E-state index contributed by atoms with van der Waals surface area (Å²) in [6, 6.07) is 4.45. The van der Waals surface area contributed by atoms with Crippen LogP contribution in [0, 0.1) is 11.8 Å². The van der Waals surface area contributed by atoms with Crippen molar-refractivity contribution in [3.8, 4) is 0 Å². The van der Waals surface area contributed by atoms with E-state index in [1.807, 2.05) is 11.3 Å². The molecule has 1 aliphatic heterocycles. The van der Waals surface area contributed by atoms with Gasteiger partial charge in [0.2, 0.25) is 0 Å². The van der Waals surface area contributed by atoms with Crippen LogP contribution >= 0.6 is 55.0 Å². The van der Waals surface area contributed by atoms with Crippen LogP contribution in [0.25, 0.3) is 0 Å². The van der Waals surface area contributed by atoms with E-state index in [-0.39, 0.29) is 3.66 Å². The highest BCUT2D eigenvalue weighted by Crippen LogP contribution is 2.56. The molecule has 0 aromatic carbocycles. The van der Waals surface area contributed by atoms with Crippen molar-refractivity contribution in [3.63, 3.8) is 0 Å². The molecule has 20 heavy (non-hydrogen) atoms. The second-order valence-corrected chi connectivity index (χ2v) is 10.7. The van der Waals surface area contributed by atoms with Crippen molar-refractivity contribution in [1.82, 2.24) is 0 Å². The van der Waals surface area contributed by atoms with Gasteiger partial charge in [-0.2, -0.15) is 0 Å². The zero-order valence-electron chi connectivity index (χ0n) is 12.1. The lowest BCUT2D eigenvalue weighted by atomic mass is 9.87. The number of hydrogen-bond donors (Lipinski definition) is 0. The Morgan fingerprint density at radius 2 is 2.30 bits per heavy atom. The first-order valence-corrected chi connectivity index (χ1v) is 11.4. The average Bonchev–Trinajstić information content (AvgIpc) is 3.08. The van der Waals surface area contributed by atoms with Gasteiger partial charge in [-0.15, -0.1) is 23.1 Å². The number of unbranched alkanes of at least 4 members (excludes halogenated alkanes) is 1. The van der Waals surface area contributed by atoms with Gasteiger partial charge in [0.25, 0.3) is 0 Å². The van der Waals surface area contributed by atoms with E-state index in [1.165, 1.54) is 49.2 Å². The van der Waals surface area contributed by atoms with Gasteiger partial charge >= 0.3 is 0 Å². The van der Waals surface area contributed by atoms with Crippen LogP contribution in [-0.4, -0.2) is 11.1 Å². The third-order valence-corrected chi connectivity index (χ3v) is 9.13. The van der Waals surface area contributed by atoms with Crippen LogP contribution in [0.4, 0.5) is 0 Å². The van der Waals surface area contributed by atoms with Gasteiger partial charge in [0.15, 0.2) is 0 Å². The number of thiophene rings is 1. The minimum Gasteiger partial charge on any atom is -0.147 e. The molecule has 0 N–H and O–H groups in total. The molecule has 3 atom stereocenters. The van der Waals surface area contributed by atoms with Crippen molar-refractivity contribution in [3.05, 3.63) is 22.4 Å². The Morgan fingerprint density at radius 1 is 1.45 bits per heavy atom. The summed E-state index contributed by atoms with van der Waals surface area (Å²) >= 11 is 11.6. The molecule has 0 nitrogen and oxygen atoms in total. The summed E-state index contributed by atoms with van der Waals surface area (Å²) in [6.45, 7) is 2.36. The maximum absolute atomic E-state index is 4.02. The quantitative estimate of drug-likeness (QED) is 0.309. The highest BCUT2D eigenvalue weighted by molar-refractivity contribution is 9.11. The van der Waals surface area contributed by atoms with E-state index in [0.29, 0.717) is 0 Å². The molecule has 114 valence electrons. The molecule has 0 radical (unpaired) electrons. The molecule has 4 heteroatoms. The predicted octanol–water partition coefficient (Wildman–Crippen LogP) is 7.03. The van der Waals surface area contributed by atoms with E-state index in [0.717, 1.165) is 17.2 Å². The Labute approximate surface area is 148 Å². The van der Waals surface area contributed by atoms with Gasteiger partial charge < -0.3 is 0 Å². The molecular formula is C16H24Br2S2. The summed E-state index contributed by atoms with van der Waals surface area (Å²) in [5, 5.41) is 3.35. The van der Waals surface area contributed by atoms with Gasteiger partial charge in [0.05, 0.1) is 0 Å². The van der Waals surface area contributed by atoms with Crippen molar-refractivity contribution in [2.45, 2.75) is 49.1 Å². The molecule has 0 saturated carbocycles. The van der Waals surface area contributed by atoms with Crippen LogP contribution in [0.15, 0.2) is 17.5 Å². The normalized spacial score (nSPS) is 27.9. The second-order valence-electron chi connectivity index (χ2n) is 5.78. The van der Waals surface area contributed by atoms with Gasteiger partial charge in [0.1, 0.15) is 3.66 Å². The van der Waals surface area contributed by atoms with Crippen molar-refractivity contribution in [2.24, 2.45) is 11.8 Å². The Balaban J connectivity index is 1.83. The number of rotatable bonds is 8. The zero-order valence-corrected chi connectivity index (χ0v) is 16.9. The maximum atomic E-state index is 4.02. The highest BCUT2D eigenvalue weighted by Gasteiger charge is 2.40. The van der Waals surface area contributed by atoms with Crippen LogP contribution in [0.2, 0.25) is 0 Å². The fourth-order valence-corrected chi connectivity index (χ4v) is 7.06. The first-order chi connectivity index (χ1) is 9.68. The van der Waals surface area contributed by atoms with E-state index in [1.54, 1.807) is 0 Å². The van der Waals surface area contributed by atoms with Crippen molar-refractivity contribution >= 4 is 55.0 Å². The van der Waals surface area contributed by atoms with Crippen LogP contribution in [0.5, 0.6) is 0 Å². The van der Waals surface area contributed by atoms with Crippen LogP contribution in [0.3, 0.4) is 0 Å². The lowest BCUT2D eigenvalue weighted by Gasteiger charge is -2.21. The molecule has 1 saturated heterocycles. The standard InChI is InChI=1S/C16H24Br2S2/c1-2-13(6-3-4-8-17)10-14-11-16(18,20-12-14)15-7-5-9-19-15/h5,7,9,13-14H,2-4,6,8,10-12H2,1H3. The zero-order chi connectivity index (χ0) is 14.4. The summed E-state index contributed by atoms with van der Waals surface area (Å²) < 4.78 is 0.208. The molecule has 1 fully saturated rings. The summed E-state index contributed by atoms with van der Waals surface area (Å²) in [5.41, 5.74) is 0. The molecule has 3 unspecified atom stereocenters. The van der Waals surface area contributed by atoms with Crippen LogP contribution in [-0.2, 0) is 3.66 Å². The van der Waals surface area contributed by atoms with E-state index >= 15 is 0 Å². The molecule has 0 aliphatic carbocycles. The molecule has 1 aromatic rings. The van der Waals surface area contributed by atoms with Crippen molar-refractivity contribution in [2.75, 3.05) is 11.1 Å².